The van der Waals surface area contributed by atoms with E-state index in [1.54, 1.807) is 37.3 Å². The van der Waals surface area contributed by atoms with E-state index in [0.29, 0.717) is 38.7 Å². The molecule has 0 bridgehead atoms. The van der Waals surface area contributed by atoms with Crippen LogP contribution in [0.1, 0.15) is 36.6 Å². The minimum Gasteiger partial charge on any atom is -0.493 e. The Bertz CT molecular complexity index is 1830. The third-order valence-corrected chi connectivity index (χ3v) is 9.00. The van der Waals surface area contributed by atoms with Gasteiger partial charge in [0.15, 0.2) is 16.3 Å². The first kappa shape index (κ1) is 29.9. The number of aromatic nitrogens is 1. The number of ether oxygens (including phenoxy) is 3. The largest absolute Gasteiger partial charge is 0.493 e. The van der Waals surface area contributed by atoms with Crippen molar-refractivity contribution in [2.24, 2.45) is 4.99 Å². The topological polar surface area (TPSA) is 79.1 Å². The Kier molecular flexibility index (Phi) is 9.35. The SMILES string of the molecule is CCOC(=O)C1=C(C)N=c2s/c(=C\c3ccc(OCc4ccc(Br)cc4)c(OC)c3)c(=O)n2[C@H]1c1ccc(SC)cc1. The van der Waals surface area contributed by atoms with Crippen molar-refractivity contribution in [2.75, 3.05) is 20.0 Å². The second-order valence-electron chi connectivity index (χ2n) is 9.40. The van der Waals surface area contributed by atoms with Crippen LogP contribution >= 0.6 is 39.0 Å². The van der Waals surface area contributed by atoms with Crippen molar-refractivity contribution in [3.8, 4) is 11.5 Å². The molecular formula is C32H29BrN2O5S2. The van der Waals surface area contributed by atoms with Crippen molar-refractivity contribution >= 4 is 51.1 Å². The summed E-state index contributed by atoms with van der Waals surface area (Å²) >= 11 is 6.35. The summed E-state index contributed by atoms with van der Waals surface area (Å²) in [5, 5.41) is 0. The quantitative estimate of drug-likeness (QED) is 0.165. The molecule has 0 spiro atoms. The molecule has 0 amide bonds. The summed E-state index contributed by atoms with van der Waals surface area (Å²) < 4.78 is 20.1. The highest BCUT2D eigenvalue weighted by atomic mass is 79.9. The standard InChI is InChI=1S/C32H29BrN2O5S2/c1-5-39-31(37)28-19(2)34-32-35(29(28)22-9-13-24(41-4)14-10-22)30(36)27(42-32)17-21-8-15-25(26(16-21)38-3)40-18-20-6-11-23(33)12-7-20/h6-17,29H,5,18H2,1-4H3/b27-17-/t29-/m0/s1. The lowest BCUT2D eigenvalue weighted by Gasteiger charge is -2.24. The Morgan fingerprint density at radius 1 is 1.10 bits per heavy atom. The van der Waals surface area contributed by atoms with Crippen LogP contribution in [0.15, 0.2) is 97.2 Å². The lowest BCUT2D eigenvalue weighted by Crippen LogP contribution is -2.39. The number of benzene rings is 3. The molecule has 1 aliphatic rings. The molecule has 1 atom stereocenters. The third-order valence-electron chi connectivity index (χ3n) is 6.74. The molecule has 3 aromatic carbocycles. The van der Waals surface area contributed by atoms with Gasteiger partial charge in [0.05, 0.1) is 35.6 Å². The molecule has 216 valence electrons. The zero-order chi connectivity index (χ0) is 29.8. The molecule has 42 heavy (non-hydrogen) atoms. The number of carbonyl (C=O) groups excluding carboxylic acids is 1. The number of thiazole rings is 1. The summed E-state index contributed by atoms with van der Waals surface area (Å²) in [4.78, 5) is 33.3. The molecule has 1 aliphatic heterocycles. The molecule has 0 saturated carbocycles. The van der Waals surface area contributed by atoms with Crippen LogP contribution in [-0.4, -0.2) is 30.5 Å². The fraction of sp³-hybridized carbons (Fsp3) is 0.219. The summed E-state index contributed by atoms with van der Waals surface area (Å²) in [6, 6.07) is 20.7. The number of allylic oxidation sites excluding steroid dienone is 1. The van der Waals surface area contributed by atoms with Gasteiger partial charge in [-0.3, -0.25) is 9.36 Å². The first-order valence-corrected chi connectivity index (χ1v) is 16.0. The van der Waals surface area contributed by atoms with Crippen molar-refractivity contribution < 1.29 is 19.0 Å². The number of hydrogen-bond donors (Lipinski definition) is 0. The van der Waals surface area contributed by atoms with Gasteiger partial charge in [0.2, 0.25) is 0 Å². The summed E-state index contributed by atoms with van der Waals surface area (Å²) in [6.45, 7) is 4.16. The maximum atomic E-state index is 13.9. The highest BCUT2D eigenvalue weighted by Crippen LogP contribution is 2.32. The summed E-state index contributed by atoms with van der Waals surface area (Å²) in [7, 11) is 1.58. The van der Waals surface area contributed by atoms with Gasteiger partial charge in [0, 0.05) is 9.37 Å². The van der Waals surface area contributed by atoms with Gasteiger partial charge in [0.1, 0.15) is 6.61 Å². The number of halogens is 1. The smallest absolute Gasteiger partial charge is 0.338 e. The van der Waals surface area contributed by atoms with Crippen LogP contribution in [-0.2, 0) is 16.1 Å². The number of methoxy groups -OCH3 is 1. The highest BCUT2D eigenvalue weighted by molar-refractivity contribution is 9.10. The van der Waals surface area contributed by atoms with E-state index < -0.39 is 12.0 Å². The van der Waals surface area contributed by atoms with E-state index in [4.69, 9.17) is 14.2 Å². The van der Waals surface area contributed by atoms with Gasteiger partial charge >= 0.3 is 5.97 Å². The lowest BCUT2D eigenvalue weighted by atomic mass is 9.96. The molecule has 0 saturated heterocycles. The van der Waals surface area contributed by atoms with Crippen LogP contribution in [0.2, 0.25) is 0 Å². The van der Waals surface area contributed by atoms with E-state index in [-0.39, 0.29) is 12.2 Å². The number of nitrogens with zero attached hydrogens (tertiary/aromatic N) is 2. The maximum absolute atomic E-state index is 13.9. The van der Waals surface area contributed by atoms with Gasteiger partial charge in [-0.25, -0.2) is 9.79 Å². The predicted octanol–water partition coefficient (Wildman–Crippen LogP) is 5.87. The number of hydrogen-bond acceptors (Lipinski definition) is 8. The number of rotatable bonds is 9. The van der Waals surface area contributed by atoms with Crippen LogP contribution in [0.25, 0.3) is 6.08 Å². The third kappa shape index (κ3) is 6.25. The lowest BCUT2D eigenvalue weighted by molar-refractivity contribution is -0.139. The van der Waals surface area contributed by atoms with Gasteiger partial charge in [0.25, 0.3) is 5.56 Å². The molecule has 4 aromatic rings. The average molecular weight is 666 g/mol. The second-order valence-corrected chi connectivity index (χ2v) is 12.2. The van der Waals surface area contributed by atoms with Gasteiger partial charge < -0.3 is 14.2 Å². The number of thioether (sulfide) groups is 1. The van der Waals surface area contributed by atoms with Gasteiger partial charge in [-0.05, 0) is 79.3 Å². The molecule has 2 heterocycles. The van der Waals surface area contributed by atoms with Crippen LogP contribution in [0, 0.1) is 0 Å². The molecule has 1 aromatic heterocycles. The highest BCUT2D eigenvalue weighted by Gasteiger charge is 2.33. The molecule has 0 fully saturated rings. The first-order chi connectivity index (χ1) is 20.3. The molecule has 7 nitrogen and oxygen atoms in total. The van der Waals surface area contributed by atoms with Crippen LogP contribution in [0.4, 0.5) is 0 Å². The summed E-state index contributed by atoms with van der Waals surface area (Å²) in [5.41, 5.74) is 3.28. The predicted molar refractivity (Wildman–Crippen MR) is 170 cm³/mol. The number of esters is 1. The van der Waals surface area contributed by atoms with E-state index in [9.17, 15) is 9.59 Å². The molecular weight excluding hydrogens is 636 g/mol. The van der Waals surface area contributed by atoms with Crippen LogP contribution in [0.3, 0.4) is 0 Å². The molecule has 0 N–H and O–H groups in total. The molecule has 10 heteroatoms. The summed E-state index contributed by atoms with van der Waals surface area (Å²) in [5.74, 6) is 0.679. The fourth-order valence-corrected chi connectivity index (χ4v) is 6.40. The van der Waals surface area contributed by atoms with Crippen molar-refractivity contribution in [1.29, 1.82) is 0 Å². The van der Waals surface area contributed by atoms with E-state index in [0.717, 1.165) is 26.1 Å². The van der Waals surface area contributed by atoms with Gasteiger partial charge in [-0.1, -0.05) is 57.6 Å². The Balaban J connectivity index is 1.53. The molecule has 0 aliphatic carbocycles. The van der Waals surface area contributed by atoms with Crippen LogP contribution in [0.5, 0.6) is 11.5 Å². The van der Waals surface area contributed by atoms with Crippen molar-refractivity contribution in [3.63, 3.8) is 0 Å². The second kappa shape index (κ2) is 13.1. The fourth-order valence-electron chi connectivity index (χ4n) is 4.68. The van der Waals surface area contributed by atoms with Gasteiger partial charge in [-0.2, -0.15) is 0 Å². The minimum atomic E-state index is -0.651. The van der Waals surface area contributed by atoms with E-state index in [1.165, 1.54) is 11.3 Å². The van der Waals surface area contributed by atoms with E-state index >= 15 is 0 Å². The van der Waals surface area contributed by atoms with Crippen molar-refractivity contribution in [2.45, 2.75) is 31.4 Å². The Morgan fingerprint density at radius 2 is 1.83 bits per heavy atom. The molecule has 0 radical (unpaired) electrons. The van der Waals surface area contributed by atoms with Gasteiger partial charge in [-0.15, -0.1) is 11.8 Å². The Labute approximate surface area is 260 Å². The molecule has 5 rings (SSSR count). The normalized spacial score (nSPS) is 14.8. The van der Waals surface area contributed by atoms with E-state index in [1.807, 2.05) is 79.1 Å². The van der Waals surface area contributed by atoms with Crippen molar-refractivity contribution in [1.82, 2.24) is 4.57 Å². The van der Waals surface area contributed by atoms with Crippen LogP contribution < -0.4 is 24.4 Å². The average Bonchev–Trinajstić information content (AvgIpc) is 3.30. The minimum absolute atomic E-state index is 0.225. The Hall–Kier alpha value is -3.60. The maximum Gasteiger partial charge on any atom is 0.338 e. The molecule has 0 unspecified atom stereocenters. The zero-order valence-corrected chi connectivity index (χ0v) is 26.8. The Morgan fingerprint density at radius 3 is 2.50 bits per heavy atom. The zero-order valence-electron chi connectivity index (χ0n) is 23.5. The first-order valence-electron chi connectivity index (χ1n) is 13.2. The number of carbonyl (C=O) groups is 1. The summed E-state index contributed by atoms with van der Waals surface area (Å²) in [6.07, 6.45) is 3.81. The van der Waals surface area contributed by atoms with E-state index in [2.05, 4.69) is 20.9 Å². The number of fused-ring (bicyclic) bond motifs is 1. The van der Waals surface area contributed by atoms with Crippen molar-refractivity contribution in [3.05, 3.63) is 119 Å². The monoisotopic (exact) mass is 664 g/mol.